The number of nitrogens with zero attached hydrogens (tertiary/aromatic N) is 1. The van der Waals surface area contributed by atoms with Crippen LogP contribution < -0.4 is 0 Å². The minimum absolute atomic E-state index is 0.0137. The van der Waals surface area contributed by atoms with Crippen molar-refractivity contribution in [2.45, 2.75) is 31.4 Å². The Morgan fingerprint density at radius 2 is 1.71 bits per heavy atom. The fraction of sp³-hybridized carbons (Fsp3) is 0.316. The number of carbonyl (C=O) groups excluding carboxylic acids is 1. The van der Waals surface area contributed by atoms with Gasteiger partial charge in [-0.3, -0.25) is 0 Å². The van der Waals surface area contributed by atoms with Gasteiger partial charge in [-0.15, -0.1) is 0 Å². The zero-order valence-corrected chi connectivity index (χ0v) is 13.2. The molecule has 1 atom stereocenters. The van der Waals surface area contributed by atoms with Crippen molar-refractivity contribution in [2.24, 2.45) is 0 Å². The van der Waals surface area contributed by atoms with E-state index in [9.17, 15) is 13.6 Å². The molecule has 3 rings (SSSR count). The summed E-state index contributed by atoms with van der Waals surface area (Å²) in [5, 5.41) is 0. The first-order valence-corrected chi connectivity index (χ1v) is 7.95. The van der Waals surface area contributed by atoms with Crippen LogP contribution in [0.2, 0.25) is 0 Å². The molecule has 24 heavy (non-hydrogen) atoms. The van der Waals surface area contributed by atoms with Gasteiger partial charge in [0.15, 0.2) is 0 Å². The van der Waals surface area contributed by atoms with Crippen molar-refractivity contribution in [3.8, 4) is 0 Å². The van der Waals surface area contributed by atoms with E-state index in [1.165, 1.54) is 4.90 Å². The number of alkyl halides is 2. The molecule has 1 fully saturated rings. The molecule has 0 aromatic heterocycles. The Morgan fingerprint density at radius 3 is 2.38 bits per heavy atom. The van der Waals surface area contributed by atoms with Crippen LogP contribution in [-0.2, 0) is 11.3 Å². The summed E-state index contributed by atoms with van der Waals surface area (Å²) in [6, 6.07) is 17.6. The third-order valence-electron chi connectivity index (χ3n) is 4.21. The van der Waals surface area contributed by atoms with E-state index < -0.39 is 18.1 Å². The Balaban J connectivity index is 1.73. The summed E-state index contributed by atoms with van der Waals surface area (Å²) in [4.78, 5) is 13.8. The highest BCUT2D eigenvalue weighted by Crippen LogP contribution is 2.40. The number of hydrogen-bond acceptors (Lipinski definition) is 2. The SMILES string of the molecule is O=C(OCc1ccccc1)N1CCC(F)(F)CC1c1ccccc1. The molecule has 1 unspecified atom stereocenters. The molecular weight excluding hydrogens is 312 g/mol. The largest absolute Gasteiger partial charge is 0.445 e. The van der Waals surface area contributed by atoms with Gasteiger partial charge < -0.3 is 9.64 Å². The van der Waals surface area contributed by atoms with Gasteiger partial charge in [0.05, 0.1) is 6.04 Å². The standard InChI is InChI=1S/C19H19F2NO2/c20-19(21)11-12-22(17(13-19)16-9-5-2-6-10-16)18(23)24-14-15-7-3-1-4-8-15/h1-10,17H,11-14H2. The summed E-state index contributed by atoms with van der Waals surface area (Å²) in [5.74, 6) is -2.77. The first-order chi connectivity index (χ1) is 11.6. The number of amides is 1. The Morgan fingerprint density at radius 1 is 1.08 bits per heavy atom. The van der Waals surface area contributed by atoms with Gasteiger partial charge in [0.2, 0.25) is 0 Å². The topological polar surface area (TPSA) is 29.5 Å². The van der Waals surface area contributed by atoms with Crippen LogP contribution in [0.3, 0.4) is 0 Å². The summed E-state index contributed by atoms with van der Waals surface area (Å²) >= 11 is 0. The molecule has 5 heteroatoms. The predicted octanol–water partition coefficient (Wildman–Crippen LogP) is 4.80. The molecule has 0 N–H and O–H groups in total. The minimum Gasteiger partial charge on any atom is -0.445 e. The van der Waals surface area contributed by atoms with Crippen LogP contribution in [-0.4, -0.2) is 23.5 Å². The van der Waals surface area contributed by atoms with E-state index in [0.717, 1.165) is 5.56 Å². The maximum atomic E-state index is 13.8. The lowest BCUT2D eigenvalue weighted by atomic mass is 9.93. The van der Waals surface area contributed by atoms with Crippen LogP contribution in [0.4, 0.5) is 13.6 Å². The highest BCUT2D eigenvalue weighted by molar-refractivity contribution is 5.68. The molecule has 1 heterocycles. The Labute approximate surface area is 139 Å². The van der Waals surface area contributed by atoms with Crippen LogP contribution in [0.1, 0.15) is 30.0 Å². The third kappa shape index (κ3) is 3.91. The number of benzene rings is 2. The fourth-order valence-electron chi connectivity index (χ4n) is 2.93. The quantitative estimate of drug-likeness (QED) is 0.809. The van der Waals surface area contributed by atoms with Gasteiger partial charge >= 0.3 is 6.09 Å². The second-order valence-electron chi connectivity index (χ2n) is 5.97. The van der Waals surface area contributed by atoms with Gasteiger partial charge in [0.1, 0.15) is 6.61 Å². The van der Waals surface area contributed by atoms with Crippen molar-refractivity contribution < 1.29 is 18.3 Å². The lowest BCUT2D eigenvalue weighted by Gasteiger charge is -2.38. The van der Waals surface area contributed by atoms with Crippen molar-refractivity contribution in [3.63, 3.8) is 0 Å². The number of rotatable bonds is 3. The normalized spacial score (nSPS) is 19.8. The van der Waals surface area contributed by atoms with Crippen molar-refractivity contribution in [1.82, 2.24) is 4.90 Å². The second-order valence-corrected chi connectivity index (χ2v) is 5.97. The Hall–Kier alpha value is -2.43. The van der Waals surface area contributed by atoms with Gasteiger partial charge in [0, 0.05) is 19.4 Å². The Bertz CT molecular complexity index is 676. The summed E-state index contributed by atoms with van der Waals surface area (Å²) in [6.07, 6.45) is -1.27. The maximum Gasteiger partial charge on any atom is 0.410 e. The number of halogens is 2. The molecule has 0 saturated carbocycles. The van der Waals surface area contributed by atoms with Crippen molar-refractivity contribution in [2.75, 3.05) is 6.54 Å². The van der Waals surface area contributed by atoms with Gasteiger partial charge in [0.25, 0.3) is 5.92 Å². The Kier molecular flexibility index (Phi) is 4.79. The lowest BCUT2D eigenvalue weighted by Crippen LogP contribution is -2.45. The average Bonchev–Trinajstić information content (AvgIpc) is 2.60. The molecule has 0 aliphatic carbocycles. The van der Waals surface area contributed by atoms with Gasteiger partial charge in [-0.25, -0.2) is 13.6 Å². The van der Waals surface area contributed by atoms with Gasteiger partial charge in [-0.2, -0.15) is 0 Å². The van der Waals surface area contributed by atoms with Gasteiger partial charge in [-0.05, 0) is 11.1 Å². The third-order valence-corrected chi connectivity index (χ3v) is 4.21. The first-order valence-electron chi connectivity index (χ1n) is 7.95. The van der Waals surface area contributed by atoms with Crippen LogP contribution in [0.5, 0.6) is 0 Å². The van der Waals surface area contributed by atoms with Crippen molar-refractivity contribution >= 4 is 6.09 Å². The van der Waals surface area contributed by atoms with E-state index in [4.69, 9.17) is 4.74 Å². The summed E-state index contributed by atoms with van der Waals surface area (Å²) in [5.41, 5.74) is 1.57. The van der Waals surface area contributed by atoms with Crippen LogP contribution in [0, 0.1) is 0 Å². The maximum absolute atomic E-state index is 13.8. The molecule has 0 radical (unpaired) electrons. The van der Waals surface area contributed by atoms with E-state index >= 15 is 0 Å². The molecule has 1 aliphatic rings. The molecule has 3 nitrogen and oxygen atoms in total. The molecule has 126 valence electrons. The van der Waals surface area contributed by atoms with E-state index in [2.05, 4.69) is 0 Å². The molecular formula is C19H19F2NO2. The summed E-state index contributed by atoms with van der Waals surface area (Å²) < 4.78 is 33.0. The first kappa shape index (κ1) is 16.4. The van der Waals surface area contributed by atoms with Gasteiger partial charge in [-0.1, -0.05) is 60.7 Å². The van der Waals surface area contributed by atoms with Crippen molar-refractivity contribution in [1.29, 1.82) is 0 Å². The number of ether oxygens (including phenoxy) is 1. The zero-order chi connectivity index (χ0) is 17.0. The molecule has 1 saturated heterocycles. The molecule has 1 amide bonds. The second kappa shape index (κ2) is 6.99. The monoisotopic (exact) mass is 331 g/mol. The molecule has 2 aromatic carbocycles. The summed E-state index contributed by atoms with van der Waals surface area (Å²) in [7, 11) is 0. The van der Waals surface area contributed by atoms with E-state index in [0.29, 0.717) is 5.56 Å². The number of likely N-dealkylation sites (tertiary alicyclic amines) is 1. The minimum atomic E-state index is -2.77. The zero-order valence-electron chi connectivity index (χ0n) is 13.2. The van der Waals surface area contributed by atoms with E-state index in [1.807, 2.05) is 36.4 Å². The highest BCUT2D eigenvalue weighted by Gasteiger charge is 2.43. The van der Waals surface area contributed by atoms with Crippen molar-refractivity contribution in [3.05, 3.63) is 71.8 Å². The van der Waals surface area contributed by atoms with E-state index in [1.54, 1.807) is 24.3 Å². The van der Waals surface area contributed by atoms with E-state index in [-0.39, 0.29) is 26.0 Å². The van der Waals surface area contributed by atoms with Crippen LogP contribution >= 0.6 is 0 Å². The highest BCUT2D eigenvalue weighted by atomic mass is 19.3. The van der Waals surface area contributed by atoms with Crippen LogP contribution in [0.15, 0.2) is 60.7 Å². The fourth-order valence-corrected chi connectivity index (χ4v) is 2.93. The smallest absolute Gasteiger partial charge is 0.410 e. The lowest BCUT2D eigenvalue weighted by molar-refractivity contribution is -0.0753. The molecule has 2 aromatic rings. The molecule has 1 aliphatic heterocycles. The number of piperidine rings is 1. The van der Waals surface area contributed by atoms with Crippen LogP contribution in [0.25, 0.3) is 0 Å². The molecule has 0 bridgehead atoms. The average molecular weight is 331 g/mol. The molecule has 0 spiro atoms. The predicted molar refractivity (Wildman–Crippen MR) is 86.7 cm³/mol. The number of carbonyl (C=O) groups is 1. The summed E-state index contributed by atoms with van der Waals surface area (Å²) in [6.45, 7) is 0.119. The number of hydrogen-bond donors (Lipinski definition) is 0.